The average Bonchev–Trinajstić information content (AvgIpc) is 3.24. The first-order valence-corrected chi connectivity index (χ1v) is 9.49. The molecule has 8 heteroatoms. The van der Waals surface area contributed by atoms with Crippen LogP contribution in [0.5, 0.6) is 0 Å². The second-order valence-electron chi connectivity index (χ2n) is 6.32. The summed E-state index contributed by atoms with van der Waals surface area (Å²) in [5.41, 5.74) is 1.96. The SMILES string of the molecule is Cc1cc(C(=O)N2CCc3nc(C(=O)Nc4ccccc4)sc3CC2)no1. The molecule has 0 spiro atoms. The molecular formula is C19H18N4O3S. The predicted molar refractivity (Wildman–Crippen MR) is 101 cm³/mol. The second kappa shape index (κ2) is 7.32. The molecule has 2 aromatic heterocycles. The van der Waals surface area contributed by atoms with Crippen LogP contribution >= 0.6 is 11.3 Å². The minimum atomic E-state index is -0.203. The molecular weight excluding hydrogens is 364 g/mol. The summed E-state index contributed by atoms with van der Waals surface area (Å²) in [6, 6.07) is 11.0. The van der Waals surface area contributed by atoms with Gasteiger partial charge in [0.2, 0.25) is 0 Å². The number of anilines is 1. The fourth-order valence-electron chi connectivity index (χ4n) is 3.00. The van der Waals surface area contributed by atoms with E-state index in [0.29, 0.717) is 42.4 Å². The number of carbonyl (C=O) groups is 2. The van der Waals surface area contributed by atoms with E-state index in [1.54, 1.807) is 17.9 Å². The summed E-state index contributed by atoms with van der Waals surface area (Å²) in [7, 11) is 0. The molecule has 0 bridgehead atoms. The van der Waals surface area contributed by atoms with Crippen LogP contribution in [0.4, 0.5) is 5.69 Å². The van der Waals surface area contributed by atoms with Crippen molar-refractivity contribution in [3.8, 4) is 0 Å². The number of para-hydroxylation sites is 1. The van der Waals surface area contributed by atoms with Crippen molar-refractivity contribution in [2.24, 2.45) is 0 Å². The molecule has 0 atom stereocenters. The molecule has 7 nitrogen and oxygen atoms in total. The van der Waals surface area contributed by atoms with Crippen molar-refractivity contribution in [2.45, 2.75) is 19.8 Å². The number of aryl methyl sites for hydroxylation is 1. The van der Waals surface area contributed by atoms with Crippen molar-refractivity contribution < 1.29 is 14.1 Å². The highest BCUT2D eigenvalue weighted by Crippen LogP contribution is 2.24. The molecule has 0 aliphatic carbocycles. The zero-order chi connectivity index (χ0) is 18.8. The smallest absolute Gasteiger partial charge is 0.284 e. The molecule has 0 fully saturated rings. The van der Waals surface area contributed by atoms with Gasteiger partial charge in [0.25, 0.3) is 11.8 Å². The number of nitrogens with one attached hydrogen (secondary N) is 1. The first-order chi connectivity index (χ1) is 13.1. The standard InChI is InChI=1S/C19H18N4O3S/c1-12-11-15(22-26-12)19(25)23-9-7-14-16(8-10-23)27-18(21-14)17(24)20-13-5-3-2-4-6-13/h2-6,11H,7-10H2,1H3,(H,20,24). The van der Waals surface area contributed by atoms with E-state index >= 15 is 0 Å². The minimum Gasteiger partial charge on any atom is -0.361 e. The van der Waals surface area contributed by atoms with E-state index in [1.807, 2.05) is 30.3 Å². The number of thiazole rings is 1. The van der Waals surface area contributed by atoms with Crippen LogP contribution in [-0.4, -0.2) is 39.9 Å². The van der Waals surface area contributed by atoms with Gasteiger partial charge < -0.3 is 14.7 Å². The third kappa shape index (κ3) is 3.75. The zero-order valence-corrected chi connectivity index (χ0v) is 15.6. The van der Waals surface area contributed by atoms with Crippen LogP contribution in [0.3, 0.4) is 0 Å². The maximum absolute atomic E-state index is 12.5. The van der Waals surface area contributed by atoms with E-state index in [2.05, 4.69) is 15.5 Å². The summed E-state index contributed by atoms with van der Waals surface area (Å²) in [5.74, 6) is 0.275. The summed E-state index contributed by atoms with van der Waals surface area (Å²) in [5, 5.41) is 7.12. The lowest BCUT2D eigenvalue weighted by atomic mass is 10.2. The highest BCUT2D eigenvalue weighted by Gasteiger charge is 2.25. The van der Waals surface area contributed by atoms with E-state index in [1.165, 1.54) is 11.3 Å². The van der Waals surface area contributed by atoms with Gasteiger partial charge in [0.1, 0.15) is 5.76 Å². The maximum atomic E-state index is 12.5. The largest absolute Gasteiger partial charge is 0.361 e. The van der Waals surface area contributed by atoms with Gasteiger partial charge >= 0.3 is 0 Å². The van der Waals surface area contributed by atoms with Crippen LogP contribution in [0, 0.1) is 6.92 Å². The number of fused-ring (bicyclic) bond motifs is 1. The lowest BCUT2D eigenvalue weighted by Crippen LogP contribution is -2.33. The predicted octanol–water partition coefficient (Wildman–Crippen LogP) is 2.93. The van der Waals surface area contributed by atoms with Crippen LogP contribution in [0.15, 0.2) is 40.9 Å². The van der Waals surface area contributed by atoms with Crippen molar-refractivity contribution >= 4 is 28.8 Å². The molecule has 3 aromatic rings. The maximum Gasteiger partial charge on any atom is 0.284 e. The van der Waals surface area contributed by atoms with Gasteiger partial charge in [-0.3, -0.25) is 9.59 Å². The van der Waals surface area contributed by atoms with Crippen LogP contribution in [0.2, 0.25) is 0 Å². The summed E-state index contributed by atoms with van der Waals surface area (Å²) in [6.07, 6.45) is 1.29. The molecule has 0 radical (unpaired) electrons. The van der Waals surface area contributed by atoms with Crippen LogP contribution in [0.1, 0.15) is 36.6 Å². The van der Waals surface area contributed by atoms with Crippen LogP contribution in [0.25, 0.3) is 0 Å². The Kier molecular flexibility index (Phi) is 4.72. The van der Waals surface area contributed by atoms with Gasteiger partial charge in [-0.15, -0.1) is 11.3 Å². The number of amides is 2. The van der Waals surface area contributed by atoms with Gasteiger partial charge in [-0.25, -0.2) is 4.98 Å². The van der Waals surface area contributed by atoms with Gasteiger partial charge in [-0.2, -0.15) is 0 Å². The van der Waals surface area contributed by atoms with Crippen molar-refractivity contribution in [1.82, 2.24) is 15.0 Å². The van der Waals surface area contributed by atoms with E-state index in [-0.39, 0.29) is 11.8 Å². The molecule has 1 aliphatic heterocycles. The normalized spacial score (nSPS) is 13.7. The lowest BCUT2D eigenvalue weighted by molar-refractivity contribution is 0.0752. The third-order valence-electron chi connectivity index (χ3n) is 4.37. The molecule has 1 aromatic carbocycles. The highest BCUT2D eigenvalue weighted by atomic mass is 32.1. The Hall–Kier alpha value is -3.00. The molecule has 3 heterocycles. The molecule has 0 saturated heterocycles. The van der Waals surface area contributed by atoms with Crippen LogP contribution in [-0.2, 0) is 12.8 Å². The van der Waals surface area contributed by atoms with Gasteiger partial charge in [0, 0.05) is 42.6 Å². The summed E-state index contributed by atoms with van der Waals surface area (Å²) >= 11 is 1.39. The quantitative estimate of drug-likeness (QED) is 0.752. The number of hydrogen-bond donors (Lipinski definition) is 1. The molecule has 138 valence electrons. The number of carbonyl (C=O) groups excluding carboxylic acids is 2. The van der Waals surface area contributed by atoms with Gasteiger partial charge in [0.05, 0.1) is 5.69 Å². The fourth-order valence-corrected chi connectivity index (χ4v) is 3.99. The first kappa shape index (κ1) is 17.4. The number of nitrogens with zero attached hydrogens (tertiary/aromatic N) is 3. The average molecular weight is 382 g/mol. The van der Waals surface area contributed by atoms with Crippen LogP contribution < -0.4 is 5.32 Å². The third-order valence-corrected chi connectivity index (χ3v) is 5.52. The minimum absolute atomic E-state index is 0.135. The number of aromatic nitrogens is 2. The Balaban J connectivity index is 1.43. The first-order valence-electron chi connectivity index (χ1n) is 8.68. The summed E-state index contributed by atoms with van der Waals surface area (Å²) < 4.78 is 4.99. The van der Waals surface area contributed by atoms with Gasteiger partial charge in [-0.1, -0.05) is 23.4 Å². The van der Waals surface area contributed by atoms with Crippen molar-refractivity contribution in [1.29, 1.82) is 0 Å². The number of benzene rings is 1. The molecule has 4 rings (SSSR count). The van der Waals surface area contributed by atoms with E-state index in [4.69, 9.17) is 4.52 Å². The van der Waals surface area contributed by atoms with Gasteiger partial charge in [0.15, 0.2) is 10.7 Å². The Labute approximate surface area is 160 Å². The molecule has 0 saturated carbocycles. The number of hydrogen-bond acceptors (Lipinski definition) is 6. The molecule has 1 N–H and O–H groups in total. The molecule has 27 heavy (non-hydrogen) atoms. The van der Waals surface area contributed by atoms with Crippen molar-refractivity contribution in [3.63, 3.8) is 0 Å². The van der Waals surface area contributed by atoms with Crippen molar-refractivity contribution in [3.05, 3.63) is 63.4 Å². The summed E-state index contributed by atoms with van der Waals surface area (Å²) in [6.45, 7) is 2.87. The number of rotatable bonds is 3. The monoisotopic (exact) mass is 382 g/mol. The van der Waals surface area contributed by atoms with E-state index < -0.39 is 0 Å². The fraction of sp³-hybridized carbons (Fsp3) is 0.263. The van der Waals surface area contributed by atoms with E-state index in [0.717, 1.165) is 16.3 Å². The summed E-state index contributed by atoms with van der Waals surface area (Å²) in [4.78, 5) is 32.3. The molecule has 2 amide bonds. The Morgan fingerprint density at radius 2 is 1.96 bits per heavy atom. The lowest BCUT2D eigenvalue weighted by Gasteiger charge is -2.18. The highest BCUT2D eigenvalue weighted by molar-refractivity contribution is 7.13. The van der Waals surface area contributed by atoms with Gasteiger partial charge in [-0.05, 0) is 19.1 Å². The Morgan fingerprint density at radius 3 is 2.70 bits per heavy atom. The molecule has 0 unspecified atom stereocenters. The zero-order valence-electron chi connectivity index (χ0n) is 14.8. The Bertz CT molecular complexity index is 955. The Morgan fingerprint density at radius 1 is 1.19 bits per heavy atom. The molecule has 1 aliphatic rings. The van der Waals surface area contributed by atoms with E-state index in [9.17, 15) is 9.59 Å². The topological polar surface area (TPSA) is 88.3 Å². The second-order valence-corrected chi connectivity index (χ2v) is 7.41. The van der Waals surface area contributed by atoms with Crippen molar-refractivity contribution in [2.75, 3.05) is 18.4 Å².